The summed E-state index contributed by atoms with van der Waals surface area (Å²) in [5.74, 6) is -1.66. The molecule has 0 spiro atoms. The van der Waals surface area contributed by atoms with E-state index in [9.17, 15) is 34.0 Å². The average molecular weight is 978 g/mol. The Labute approximate surface area is 410 Å². The number of carbonyl (C=O) groups is 6. The Morgan fingerprint density at radius 2 is 0.985 bits per heavy atom. The SMILES string of the molecule is C=CC(=O)OCCCCOC(=O)C(C#N)=C1Sc2c(OC(=O)C3CCC(OC(=O)C4CCC(CCCC)CC4)CC3)ccc(OC(=O)C3CCC(OC(=O)C4CCC(CCCC)CC4)CC3)c2S1. The summed E-state index contributed by atoms with van der Waals surface area (Å²) < 4.78 is 34.7. The molecule has 0 saturated heterocycles. The van der Waals surface area contributed by atoms with Crippen LogP contribution < -0.4 is 9.47 Å². The maximum Gasteiger partial charge on any atom is 0.350 e. The minimum absolute atomic E-state index is 0.0138. The van der Waals surface area contributed by atoms with Crippen molar-refractivity contribution in [2.45, 2.75) is 190 Å². The van der Waals surface area contributed by atoms with Crippen LogP contribution in [0.1, 0.15) is 168 Å². The van der Waals surface area contributed by atoms with Crippen LogP contribution in [0.3, 0.4) is 0 Å². The van der Waals surface area contributed by atoms with E-state index in [1.165, 1.54) is 38.5 Å². The van der Waals surface area contributed by atoms with E-state index in [1.807, 2.05) is 6.07 Å². The van der Waals surface area contributed by atoms with Gasteiger partial charge >= 0.3 is 35.8 Å². The van der Waals surface area contributed by atoms with Crippen molar-refractivity contribution in [1.82, 2.24) is 0 Å². The molecule has 0 atom stereocenters. The standard InChI is InChI=1S/C53H71NO12S2/c1-4-7-11-34-13-17-36(18-14-34)48(56)63-40-25-21-38(22-26-40)50(58)65-43-29-30-44(47-46(43)67-53(68-47)42(33-54)52(60)62-32-10-9-31-61-45(55)6-3)66-51(59)39-23-27-41(28-24-39)64-49(57)37-19-15-35(16-20-37)12-8-5-2/h6,29-30,34-41H,3-5,7-28,31-32H2,1-2H3. The van der Waals surface area contributed by atoms with E-state index in [0.717, 1.165) is 81.0 Å². The topological polar surface area (TPSA) is 182 Å². The normalized spacial score (nSPS) is 25.7. The monoisotopic (exact) mass is 977 g/mol. The number of hydrogen-bond acceptors (Lipinski definition) is 15. The van der Waals surface area contributed by atoms with Crippen molar-refractivity contribution in [2.24, 2.45) is 35.5 Å². The van der Waals surface area contributed by atoms with Gasteiger partial charge in [0.1, 0.15) is 29.8 Å². The highest BCUT2D eigenvalue weighted by molar-refractivity contribution is 8.24. The van der Waals surface area contributed by atoms with Gasteiger partial charge in [-0.05, 0) is 140 Å². The van der Waals surface area contributed by atoms with E-state index in [-0.39, 0.29) is 70.5 Å². The lowest BCUT2D eigenvalue weighted by atomic mass is 9.80. The van der Waals surface area contributed by atoms with Crippen molar-refractivity contribution in [3.8, 4) is 17.6 Å². The summed E-state index contributed by atoms with van der Waals surface area (Å²) in [6.45, 7) is 7.89. The molecule has 1 aromatic carbocycles. The molecule has 1 heterocycles. The second-order valence-electron chi connectivity index (χ2n) is 19.3. The number of carbonyl (C=O) groups excluding carboxylic acids is 6. The maximum atomic E-state index is 13.7. The number of benzene rings is 1. The van der Waals surface area contributed by atoms with Crippen LogP contribution in [0.2, 0.25) is 0 Å². The average Bonchev–Trinajstić information content (AvgIpc) is 3.81. The number of nitrogens with zero attached hydrogens (tertiary/aromatic N) is 1. The Kier molecular flexibility index (Phi) is 21.2. The molecule has 4 saturated carbocycles. The predicted molar refractivity (Wildman–Crippen MR) is 257 cm³/mol. The van der Waals surface area contributed by atoms with Gasteiger partial charge in [0.2, 0.25) is 0 Å². The minimum atomic E-state index is -0.843. The Hall–Kier alpha value is -4.29. The van der Waals surface area contributed by atoms with Crippen LogP contribution >= 0.6 is 23.5 Å². The van der Waals surface area contributed by atoms with Gasteiger partial charge in [0.15, 0.2) is 5.57 Å². The Morgan fingerprint density at radius 3 is 1.38 bits per heavy atom. The highest BCUT2D eigenvalue weighted by atomic mass is 32.2. The first-order valence-corrected chi connectivity index (χ1v) is 27.1. The van der Waals surface area contributed by atoms with Gasteiger partial charge in [0.25, 0.3) is 0 Å². The summed E-state index contributed by atoms with van der Waals surface area (Å²) >= 11 is 2.13. The fourth-order valence-corrected chi connectivity index (χ4v) is 12.7. The molecule has 0 N–H and O–H groups in total. The van der Waals surface area contributed by atoms with Crippen molar-refractivity contribution < 1.29 is 57.2 Å². The van der Waals surface area contributed by atoms with E-state index < -0.39 is 35.7 Å². The van der Waals surface area contributed by atoms with E-state index >= 15 is 0 Å². The number of fused-ring (bicyclic) bond motifs is 1. The third-order valence-electron chi connectivity index (χ3n) is 14.4. The number of esters is 6. The van der Waals surface area contributed by atoms with Crippen molar-refractivity contribution in [3.63, 3.8) is 0 Å². The van der Waals surface area contributed by atoms with Gasteiger partial charge in [-0.3, -0.25) is 19.2 Å². The first kappa shape index (κ1) is 53.1. The number of rotatable bonds is 21. The second-order valence-corrected chi connectivity index (χ2v) is 21.6. The molecule has 372 valence electrons. The third-order valence-corrected chi connectivity index (χ3v) is 17.1. The van der Waals surface area contributed by atoms with Crippen LogP contribution in [-0.4, -0.2) is 61.2 Å². The molecule has 0 unspecified atom stereocenters. The van der Waals surface area contributed by atoms with Crippen molar-refractivity contribution in [3.05, 3.63) is 34.6 Å². The van der Waals surface area contributed by atoms with Crippen LogP contribution in [0.25, 0.3) is 0 Å². The van der Waals surface area contributed by atoms with E-state index in [4.69, 9.17) is 28.4 Å². The quantitative estimate of drug-likeness (QED) is 0.0283. The second kappa shape index (κ2) is 27.2. The first-order valence-electron chi connectivity index (χ1n) is 25.5. The summed E-state index contributed by atoms with van der Waals surface area (Å²) in [4.78, 5) is 79.1. The van der Waals surface area contributed by atoms with E-state index in [2.05, 4.69) is 20.4 Å². The molecule has 68 heavy (non-hydrogen) atoms. The van der Waals surface area contributed by atoms with Gasteiger partial charge in [0.05, 0.1) is 50.9 Å². The number of unbranched alkanes of at least 4 members (excludes halogenated alkanes) is 3. The molecular weight excluding hydrogens is 907 g/mol. The fraction of sp³-hybridized carbons (Fsp3) is 0.679. The van der Waals surface area contributed by atoms with Crippen LogP contribution in [0.4, 0.5) is 0 Å². The lowest BCUT2D eigenvalue weighted by Gasteiger charge is -2.31. The van der Waals surface area contributed by atoms with Gasteiger partial charge in [-0.25, -0.2) is 9.59 Å². The summed E-state index contributed by atoms with van der Waals surface area (Å²) in [7, 11) is 0. The van der Waals surface area contributed by atoms with Crippen molar-refractivity contribution >= 4 is 59.3 Å². The Morgan fingerprint density at radius 1 is 0.588 bits per heavy atom. The molecule has 15 heteroatoms. The highest BCUT2D eigenvalue weighted by Crippen LogP contribution is 2.59. The zero-order valence-electron chi connectivity index (χ0n) is 40.1. The highest BCUT2D eigenvalue weighted by Gasteiger charge is 2.38. The minimum Gasteiger partial charge on any atom is -0.463 e. The van der Waals surface area contributed by atoms with Crippen LogP contribution in [0, 0.1) is 46.8 Å². The van der Waals surface area contributed by atoms with Crippen LogP contribution in [0.15, 0.2) is 44.4 Å². The van der Waals surface area contributed by atoms with Crippen LogP contribution in [0.5, 0.6) is 11.5 Å². The van der Waals surface area contributed by atoms with Gasteiger partial charge < -0.3 is 28.4 Å². The zero-order valence-corrected chi connectivity index (χ0v) is 41.7. The molecule has 0 bridgehead atoms. The summed E-state index contributed by atoms with van der Waals surface area (Å²) in [5, 5.41) is 10.2. The molecule has 0 aromatic heterocycles. The third kappa shape index (κ3) is 15.4. The van der Waals surface area contributed by atoms with Crippen molar-refractivity contribution in [2.75, 3.05) is 13.2 Å². The molecular formula is C53H71NO12S2. The summed E-state index contributed by atoms with van der Waals surface area (Å²) in [6.07, 6.45) is 20.7. The molecule has 0 amide bonds. The fourth-order valence-electron chi connectivity index (χ4n) is 10.1. The van der Waals surface area contributed by atoms with Gasteiger partial charge in [-0.1, -0.05) is 82.5 Å². The van der Waals surface area contributed by atoms with Gasteiger partial charge in [-0.2, -0.15) is 5.26 Å². The smallest absolute Gasteiger partial charge is 0.350 e. The molecule has 4 aliphatic carbocycles. The molecule has 1 aliphatic heterocycles. The number of thioether (sulfide) groups is 2. The molecule has 13 nitrogen and oxygen atoms in total. The molecule has 0 radical (unpaired) electrons. The van der Waals surface area contributed by atoms with E-state index in [0.29, 0.717) is 85.8 Å². The van der Waals surface area contributed by atoms with Gasteiger partial charge in [0, 0.05) is 6.08 Å². The molecule has 1 aromatic rings. The molecule has 5 aliphatic rings. The number of ether oxygens (including phenoxy) is 6. The zero-order chi connectivity index (χ0) is 48.4. The molecule has 4 fully saturated rings. The number of nitriles is 1. The summed E-state index contributed by atoms with van der Waals surface area (Å²) in [6, 6.07) is 5.10. The largest absolute Gasteiger partial charge is 0.463 e. The molecule has 6 rings (SSSR count). The Balaban J connectivity index is 1.06. The Bertz CT molecular complexity index is 1890. The predicted octanol–water partition coefficient (Wildman–Crippen LogP) is 11.7. The first-order chi connectivity index (χ1) is 33.0. The summed E-state index contributed by atoms with van der Waals surface area (Å²) in [5.41, 5.74) is -0.251. The lowest BCUT2D eigenvalue weighted by Crippen LogP contribution is -2.33. The number of hydrogen-bond donors (Lipinski definition) is 0. The lowest BCUT2D eigenvalue weighted by molar-refractivity contribution is -0.159. The van der Waals surface area contributed by atoms with Crippen molar-refractivity contribution in [1.29, 1.82) is 5.26 Å². The van der Waals surface area contributed by atoms with Gasteiger partial charge in [-0.15, -0.1) is 0 Å². The van der Waals surface area contributed by atoms with E-state index in [1.54, 1.807) is 12.1 Å². The maximum absolute atomic E-state index is 13.7. The van der Waals surface area contributed by atoms with Crippen LogP contribution in [-0.2, 0) is 47.7 Å².